The molecule has 0 spiro atoms. The third kappa shape index (κ3) is 3.43. The lowest BCUT2D eigenvalue weighted by Crippen LogP contribution is -2.54. The van der Waals surface area contributed by atoms with Crippen molar-refractivity contribution in [3.8, 4) is 0 Å². The van der Waals surface area contributed by atoms with Gasteiger partial charge in [0.25, 0.3) is 0 Å². The van der Waals surface area contributed by atoms with Crippen molar-refractivity contribution in [3.63, 3.8) is 0 Å². The first-order valence-electron chi connectivity index (χ1n) is 5.72. The lowest BCUT2D eigenvalue weighted by atomic mass is 10.0. The minimum Gasteiger partial charge on any atom is -0.468 e. The van der Waals surface area contributed by atoms with Crippen molar-refractivity contribution in [1.82, 2.24) is 10.2 Å². The van der Waals surface area contributed by atoms with Gasteiger partial charge in [0.05, 0.1) is 13.7 Å². The first-order valence-corrected chi connectivity index (χ1v) is 5.72. The average Bonchev–Trinajstić information content (AvgIpc) is 2.31. The molecule has 0 aromatic rings. The number of nitrogens with one attached hydrogen (secondary N) is 1. The second kappa shape index (κ2) is 6.83. The predicted molar refractivity (Wildman–Crippen MR) is 61.3 cm³/mol. The van der Waals surface area contributed by atoms with Gasteiger partial charge in [-0.3, -0.25) is 9.69 Å². The van der Waals surface area contributed by atoms with Gasteiger partial charge in [-0.1, -0.05) is 6.92 Å². The Kier molecular flexibility index (Phi) is 5.73. The highest BCUT2D eigenvalue weighted by Crippen LogP contribution is 2.14. The van der Waals surface area contributed by atoms with Gasteiger partial charge < -0.3 is 14.8 Å². The van der Waals surface area contributed by atoms with Crippen LogP contribution in [0.2, 0.25) is 0 Å². The molecule has 2 atom stereocenters. The molecule has 0 aromatic heterocycles. The number of ether oxygens (including phenoxy) is 2. The van der Waals surface area contributed by atoms with Gasteiger partial charge in [-0.25, -0.2) is 0 Å². The monoisotopic (exact) mass is 230 g/mol. The van der Waals surface area contributed by atoms with Crippen molar-refractivity contribution in [1.29, 1.82) is 0 Å². The molecular weight excluding hydrogens is 208 g/mol. The van der Waals surface area contributed by atoms with Crippen LogP contribution in [0.4, 0.5) is 0 Å². The summed E-state index contributed by atoms with van der Waals surface area (Å²) in [6.45, 7) is 6.21. The minimum absolute atomic E-state index is 0.149. The van der Waals surface area contributed by atoms with Gasteiger partial charge >= 0.3 is 5.97 Å². The van der Waals surface area contributed by atoms with Gasteiger partial charge in [0.2, 0.25) is 0 Å². The summed E-state index contributed by atoms with van der Waals surface area (Å²) in [7, 11) is 3.10. The maximum Gasteiger partial charge on any atom is 0.323 e. The van der Waals surface area contributed by atoms with Crippen LogP contribution >= 0.6 is 0 Å². The van der Waals surface area contributed by atoms with Crippen LogP contribution in [-0.2, 0) is 14.3 Å². The fourth-order valence-electron chi connectivity index (χ4n) is 2.18. The summed E-state index contributed by atoms with van der Waals surface area (Å²) in [5.74, 6) is -0.0120. The van der Waals surface area contributed by atoms with Crippen molar-refractivity contribution >= 4 is 5.97 Å². The number of esters is 1. The van der Waals surface area contributed by atoms with Gasteiger partial charge in [0, 0.05) is 39.2 Å². The molecule has 1 heterocycles. The molecule has 0 radical (unpaired) electrons. The second-order valence-electron chi connectivity index (χ2n) is 4.19. The number of carbonyl (C=O) groups excluding carboxylic acids is 1. The number of piperazine rings is 1. The smallest absolute Gasteiger partial charge is 0.323 e. The van der Waals surface area contributed by atoms with E-state index in [9.17, 15) is 4.79 Å². The largest absolute Gasteiger partial charge is 0.468 e. The summed E-state index contributed by atoms with van der Waals surface area (Å²) < 4.78 is 10.00. The molecule has 0 bridgehead atoms. The summed E-state index contributed by atoms with van der Waals surface area (Å²) in [5.41, 5.74) is 0. The molecule has 1 N–H and O–H groups in total. The standard InChI is InChI=1S/C11H22N2O3/c1-9(8-15-2)10(11(14)16-3)13-6-4-12-5-7-13/h9-10,12H,4-8H2,1-3H3. The number of hydrogen-bond acceptors (Lipinski definition) is 5. The summed E-state index contributed by atoms with van der Waals surface area (Å²) in [4.78, 5) is 14.0. The van der Waals surface area contributed by atoms with Crippen molar-refractivity contribution in [3.05, 3.63) is 0 Å². The molecule has 16 heavy (non-hydrogen) atoms. The van der Waals surface area contributed by atoms with Crippen molar-refractivity contribution < 1.29 is 14.3 Å². The van der Waals surface area contributed by atoms with E-state index in [-0.39, 0.29) is 17.9 Å². The highest BCUT2D eigenvalue weighted by atomic mass is 16.5. The Bertz CT molecular complexity index is 217. The molecule has 5 heteroatoms. The Balaban J connectivity index is 2.64. The summed E-state index contributed by atoms with van der Waals surface area (Å²) in [5, 5.41) is 3.27. The van der Waals surface area contributed by atoms with Gasteiger partial charge in [0.15, 0.2) is 0 Å². The zero-order valence-corrected chi connectivity index (χ0v) is 10.4. The average molecular weight is 230 g/mol. The highest BCUT2D eigenvalue weighted by molar-refractivity contribution is 5.76. The van der Waals surface area contributed by atoms with Crippen LogP contribution in [0.5, 0.6) is 0 Å². The van der Waals surface area contributed by atoms with E-state index in [1.54, 1.807) is 7.11 Å². The normalized spacial score (nSPS) is 21.4. The second-order valence-corrected chi connectivity index (χ2v) is 4.19. The molecular formula is C11H22N2O3. The molecule has 2 unspecified atom stereocenters. The molecule has 1 aliphatic heterocycles. The number of rotatable bonds is 5. The van der Waals surface area contributed by atoms with Gasteiger partial charge in [-0.15, -0.1) is 0 Å². The van der Waals surface area contributed by atoms with E-state index in [1.807, 2.05) is 6.92 Å². The molecule has 0 aliphatic carbocycles. The highest BCUT2D eigenvalue weighted by Gasteiger charge is 2.32. The van der Waals surface area contributed by atoms with Crippen LogP contribution in [-0.4, -0.2) is 63.9 Å². The summed E-state index contributed by atoms with van der Waals surface area (Å²) in [6.07, 6.45) is 0. The molecule has 5 nitrogen and oxygen atoms in total. The fraction of sp³-hybridized carbons (Fsp3) is 0.909. The Morgan fingerprint density at radius 3 is 2.50 bits per heavy atom. The molecule has 0 saturated carbocycles. The number of hydrogen-bond donors (Lipinski definition) is 1. The number of carbonyl (C=O) groups is 1. The van der Waals surface area contributed by atoms with Gasteiger partial charge in [-0.05, 0) is 0 Å². The zero-order valence-electron chi connectivity index (χ0n) is 10.4. The van der Waals surface area contributed by atoms with Crippen LogP contribution in [0.15, 0.2) is 0 Å². The lowest BCUT2D eigenvalue weighted by Gasteiger charge is -2.36. The predicted octanol–water partition coefficient (Wildman–Crippen LogP) is -0.284. The summed E-state index contributed by atoms with van der Waals surface area (Å²) >= 11 is 0. The Labute approximate surface area is 97.1 Å². The van der Waals surface area contributed by atoms with E-state index in [4.69, 9.17) is 9.47 Å². The molecule has 1 aliphatic rings. The molecule has 0 amide bonds. The third-order valence-corrected chi connectivity index (χ3v) is 2.96. The Hall–Kier alpha value is -0.650. The SMILES string of the molecule is COCC(C)C(C(=O)OC)N1CCNCC1. The fourth-order valence-corrected chi connectivity index (χ4v) is 2.18. The van der Waals surface area contributed by atoms with Crippen molar-refractivity contribution in [2.45, 2.75) is 13.0 Å². The van der Waals surface area contributed by atoms with Crippen molar-refractivity contribution in [2.24, 2.45) is 5.92 Å². The van der Waals surface area contributed by atoms with E-state index >= 15 is 0 Å². The molecule has 1 fully saturated rings. The Morgan fingerprint density at radius 1 is 1.38 bits per heavy atom. The molecule has 0 aromatic carbocycles. The van der Waals surface area contributed by atoms with E-state index in [2.05, 4.69) is 10.2 Å². The first-order chi connectivity index (χ1) is 7.70. The first kappa shape index (κ1) is 13.4. The quantitative estimate of drug-likeness (QED) is 0.658. The maximum absolute atomic E-state index is 11.8. The molecule has 1 saturated heterocycles. The topological polar surface area (TPSA) is 50.8 Å². The third-order valence-electron chi connectivity index (χ3n) is 2.96. The number of nitrogens with zero attached hydrogens (tertiary/aromatic N) is 1. The van der Waals surface area contributed by atoms with Crippen LogP contribution < -0.4 is 5.32 Å². The van der Waals surface area contributed by atoms with Crippen LogP contribution in [0.1, 0.15) is 6.92 Å². The van der Waals surface area contributed by atoms with Crippen LogP contribution in [0.25, 0.3) is 0 Å². The lowest BCUT2D eigenvalue weighted by molar-refractivity contribution is -0.150. The van der Waals surface area contributed by atoms with Gasteiger partial charge in [-0.2, -0.15) is 0 Å². The van der Waals surface area contributed by atoms with Gasteiger partial charge in [0.1, 0.15) is 6.04 Å². The van der Waals surface area contributed by atoms with E-state index in [1.165, 1.54) is 7.11 Å². The van der Waals surface area contributed by atoms with Crippen LogP contribution in [0.3, 0.4) is 0 Å². The van der Waals surface area contributed by atoms with E-state index in [0.29, 0.717) is 6.61 Å². The maximum atomic E-state index is 11.8. The van der Waals surface area contributed by atoms with E-state index < -0.39 is 0 Å². The van der Waals surface area contributed by atoms with E-state index in [0.717, 1.165) is 26.2 Å². The number of methoxy groups -OCH3 is 2. The zero-order chi connectivity index (χ0) is 12.0. The molecule has 94 valence electrons. The van der Waals surface area contributed by atoms with Crippen molar-refractivity contribution in [2.75, 3.05) is 47.0 Å². The summed E-state index contributed by atoms with van der Waals surface area (Å²) in [6, 6.07) is -0.188. The molecule has 1 rings (SSSR count). The minimum atomic E-state index is -0.188. The Morgan fingerprint density at radius 2 is 2.00 bits per heavy atom. The van der Waals surface area contributed by atoms with Crippen LogP contribution in [0, 0.1) is 5.92 Å².